The SMILES string of the molecule is CN(C[C@@H]1CCCCN1)C1CCCCC1. The van der Waals surface area contributed by atoms with E-state index in [1.54, 1.807) is 0 Å². The summed E-state index contributed by atoms with van der Waals surface area (Å²) in [6.07, 6.45) is 11.4. The molecule has 2 heteroatoms. The fourth-order valence-corrected chi connectivity index (χ4v) is 3.10. The Hall–Kier alpha value is -0.0800. The lowest BCUT2D eigenvalue weighted by atomic mass is 9.94. The van der Waals surface area contributed by atoms with Crippen LogP contribution in [-0.2, 0) is 0 Å². The largest absolute Gasteiger partial charge is 0.313 e. The van der Waals surface area contributed by atoms with Crippen LogP contribution < -0.4 is 5.32 Å². The normalized spacial score (nSPS) is 29.6. The van der Waals surface area contributed by atoms with Crippen LogP contribution in [0.1, 0.15) is 51.4 Å². The highest BCUT2D eigenvalue weighted by atomic mass is 15.2. The average molecular weight is 210 g/mol. The van der Waals surface area contributed by atoms with E-state index >= 15 is 0 Å². The quantitative estimate of drug-likeness (QED) is 0.769. The number of piperidine rings is 1. The van der Waals surface area contributed by atoms with E-state index in [-0.39, 0.29) is 0 Å². The molecule has 0 amide bonds. The Labute approximate surface area is 94.4 Å². The van der Waals surface area contributed by atoms with Gasteiger partial charge >= 0.3 is 0 Å². The lowest BCUT2D eigenvalue weighted by Gasteiger charge is -2.35. The first kappa shape index (κ1) is 11.4. The van der Waals surface area contributed by atoms with E-state index in [4.69, 9.17) is 0 Å². The third kappa shape index (κ3) is 3.46. The monoisotopic (exact) mass is 210 g/mol. The van der Waals surface area contributed by atoms with E-state index in [1.165, 1.54) is 64.5 Å². The van der Waals surface area contributed by atoms with Crippen LogP contribution in [0, 0.1) is 0 Å². The van der Waals surface area contributed by atoms with Crippen molar-refractivity contribution in [2.24, 2.45) is 0 Å². The van der Waals surface area contributed by atoms with E-state index in [1.807, 2.05) is 0 Å². The van der Waals surface area contributed by atoms with Crippen molar-refractivity contribution in [1.29, 1.82) is 0 Å². The zero-order chi connectivity index (χ0) is 10.5. The van der Waals surface area contributed by atoms with Crippen molar-refractivity contribution >= 4 is 0 Å². The van der Waals surface area contributed by atoms with E-state index in [0.29, 0.717) is 0 Å². The van der Waals surface area contributed by atoms with Crippen LogP contribution in [0.15, 0.2) is 0 Å². The lowest BCUT2D eigenvalue weighted by molar-refractivity contribution is 0.166. The molecular formula is C13H26N2. The van der Waals surface area contributed by atoms with Gasteiger partial charge in [-0.15, -0.1) is 0 Å². The molecule has 0 unspecified atom stereocenters. The number of nitrogens with one attached hydrogen (secondary N) is 1. The van der Waals surface area contributed by atoms with Crippen molar-refractivity contribution in [3.63, 3.8) is 0 Å². The fraction of sp³-hybridized carbons (Fsp3) is 1.00. The summed E-state index contributed by atoms with van der Waals surface area (Å²) in [5.74, 6) is 0. The molecule has 0 aromatic carbocycles. The summed E-state index contributed by atoms with van der Waals surface area (Å²) >= 11 is 0. The van der Waals surface area contributed by atoms with Crippen LogP contribution in [0.5, 0.6) is 0 Å². The number of nitrogens with zero attached hydrogens (tertiary/aromatic N) is 1. The number of rotatable bonds is 3. The number of hydrogen-bond donors (Lipinski definition) is 1. The highest BCUT2D eigenvalue weighted by Crippen LogP contribution is 2.22. The van der Waals surface area contributed by atoms with Gasteiger partial charge in [-0.05, 0) is 39.3 Å². The van der Waals surface area contributed by atoms with Crippen LogP contribution in [0.25, 0.3) is 0 Å². The van der Waals surface area contributed by atoms with Crippen molar-refractivity contribution in [2.45, 2.75) is 63.5 Å². The molecule has 2 aliphatic rings. The molecule has 1 atom stereocenters. The zero-order valence-corrected chi connectivity index (χ0v) is 10.2. The lowest BCUT2D eigenvalue weighted by Crippen LogP contribution is -2.46. The van der Waals surface area contributed by atoms with Gasteiger partial charge in [0.15, 0.2) is 0 Å². The fourth-order valence-electron chi connectivity index (χ4n) is 3.10. The maximum atomic E-state index is 3.65. The third-order valence-electron chi connectivity index (χ3n) is 4.12. The molecule has 2 fully saturated rings. The Morgan fingerprint density at radius 1 is 1.00 bits per heavy atom. The second-order valence-electron chi connectivity index (χ2n) is 5.38. The first-order chi connectivity index (χ1) is 7.36. The van der Waals surface area contributed by atoms with Gasteiger partial charge in [0.1, 0.15) is 0 Å². The molecular weight excluding hydrogens is 184 g/mol. The maximum Gasteiger partial charge on any atom is 0.0195 e. The highest BCUT2D eigenvalue weighted by Gasteiger charge is 2.21. The second kappa shape index (κ2) is 5.86. The molecule has 1 saturated carbocycles. The first-order valence-corrected chi connectivity index (χ1v) is 6.80. The molecule has 0 aromatic heterocycles. The van der Waals surface area contributed by atoms with Crippen LogP contribution in [0.3, 0.4) is 0 Å². The zero-order valence-electron chi connectivity index (χ0n) is 10.2. The topological polar surface area (TPSA) is 15.3 Å². The molecule has 15 heavy (non-hydrogen) atoms. The van der Waals surface area contributed by atoms with Gasteiger partial charge in [-0.2, -0.15) is 0 Å². The molecule has 1 saturated heterocycles. The standard InChI is InChI=1S/C13H26N2/c1-15(13-8-3-2-4-9-13)11-12-7-5-6-10-14-12/h12-14H,2-11H2,1H3/t12-/m0/s1. The summed E-state index contributed by atoms with van der Waals surface area (Å²) < 4.78 is 0. The molecule has 0 spiro atoms. The van der Waals surface area contributed by atoms with Crippen molar-refractivity contribution in [3.05, 3.63) is 0 Å². The molecule has 0 bridgehead atoms. The first-order valence-electron chi connectivity index (χ1n) is 6.80. The van der Waals surface area contributed by atoms with Gasteiger partial charge < -0.3 is 10.2 Å². The molecule has 0 radical (unpaired) electrons. The van der Waals surface area contributed by atoms with Gasteiger partial charge in [-0.1, -0.05) is 25.7 Å². The number of hydrogen-bond acceptors (Lipinski definition) is 2. The van der Waals surface area contributed by atoms with E-state index in [9.17, 15) is 0 Å². The van der Waals surface area contributed by atoms with Crippen LogP contribution in [-0.4, -0.2) is 37.1 Å². The summed E-state index contributed by atoms with van der Waals surface area (Å²) in [7, 11) is 2.33. The van der Waals surface area contributed by atoms with Crippen LogP contribution in [0.2, 0.25) is 0 Å². The van der Waals surface area contributed by atoms with Gasteiger partial charge in [0.2, 0.25) is 0 Å². The second-order valence-corrected chi connectivity index (χ2v) is 5.38. The van der Waals surface area contributed by atoms with Gasteiger partial charge in [0.05, 0.1) is 0 Å². The van der Waals surface area contributed by atoms with E-state index < -0.39 is 0 Å². The molecule has 1 aliphatic carbocycles. The summed E-state index contributed by atoms with van der Waals surface area (Å²) in [6.45, 7) is 2.51. The minimum atomic E-state index is 0.769. The Bertz CT molecular complexity index is 169. The molecule has 2 rings (SSSR count). The Morgan fingerprint density at radius 3 is 2.40 bits per heavy atom. The van der Waals surface area contributed by atoms with Gasteiger partial charge in [0, 0.05) is 18.6 Å². The minimum absolute atomic E-state index is 0.769. The van der Waals surface area contributed by atoms with Crippen LogP contribution in [0.4, 0.5) is 0 Å². The Balaban J connectivity index is 1.72. The van der Waals surface area contributed by atoms with E-state index in [2.05, 4.69) is 17.3 Å². The summed E-state index contributed by atoms with van der Waals surface area (Å²) in [5, 5.41) is 3.65. The summed E-state index contributed by atoms with van der Waals surface area (Å²) in [4.78, 5) is 2.61. The predicted octanol–water partition coefficient (Wildman–Crippen LogP) is 2.39. The Kier molecular flexibility index (Phi) is 4.45. The smallest absolute Gasteiger partial charge is 0.0195 e. The molecule has 88 valence electrons. The molecule has 2 nitrogen and oxygen atoms in total. The third-order valence-corrected chi connectivity index (χ3v) is 4.12. The minimum Gasteiger partial charge on any atom is -0.313 e. The summed E-state index contributed by atoms with van der Waals surface area (Å²) in [6, 6.07) is 1.65. The molecule has 1 N–H and O–H groups in total. The Morgan fingerprint density at radius 2 is 1.73 bits per heavy atom. The highest BCUT2D eigenvalue weighted by molar-refractivity contribution is 4.80. The van der Waals surface area contributed by atoms with E-state index in [0.717, 1.165) is 12.1 Å². The van der Waals surface area contributed by atoms with Crippen molar-refractivity contribution in [1.82, 2.24) is 10.2 Å². The summed E-state index contributed by atoms with van der Waals surface area (Å²) in [5.41, 5.74) is 0. The van der Waals surface area contributed by atoms with Crippen molar-refractivity contribution < 1.29 is 0 Å². The molecule has 1 aliphatic heterocycles. The number of likely N-dealkylation sites (N-methyl/N-ethyl adjacent to an activating group) is 1. The van der Waals surface area contributed by atoms with Crippen molar-refractivity contribution in [3.8, 4) is 0 Å². The maximum absolute atomic E-state index is 3.65. The van der Waals surface area contributed by atoms with Crippen LogP contribution >= 0.6 is 0 Å². The molecule has 1 heterocycles. The van der Waals surface area contributed by atoms with Gasteiger partial charge in [-0.25, -0.2) is 0 Å². The average Bonchev–Trinajstić information content (AvgIpc) is 2.31. The van der Waals surface area contributed by atoms with Crippen molar-refractivity contribution in [2.75, 3.05) is 20.1 Å². The van der Waals surface area contributed by atoms with Gasteiger partial charge in [-0.3, -0.25) is 0 Å². The van der Waals surface area contributed by atoms with Gasteiger partial charge in [0.25, 0.3) is 0 Å². The molecule has 0 aromatic rings. The predicted molar refractivity (Wildman–Crippen MR) is 65.1 cm³/mol.